The summed E-state index contributed by atoms with van der Waals surface area (Å²) in [5.74, 6) is 0.242. The minimum atomic E-state index is -0.556. The van der Waals surface area contributed by atoms with Gasteiger partial charge in [0.15, 0.2) is 0 Å². The van der Waals surface area contributed by atoms with Crippen LogP contribution in [0, 0.1) is 0 Å². The molecule has 0 aliphatic carbocycles. The van der Waals surface area contributed by atoms with E-state index in [4.69, 9.17) is 9.84 Å². The summed E-state index contributed by atoms with van der Waals surface area (Å²) in [5.41, 5.74) is 0.448. The molecule has 1 aromatic heterocycles. The summed E-state index contributed by atoms with van der Waals surface area (Å²) in [7, 11) is 0. The molecule has 0 bridgehead atoms. The molecule has 5 heteroatoms. The first-order valence-electron chi connectivity index (χ1n) is 5.18. The number of nitrogens with zero attached hydrogens (tertiary/aromatic N) is 1. The molecule has 0 aliphatic heterocycles. The summed E-state index contributed by atoms with van der Waals surface area (Å²) >= 11 is 0. The number of nitrogens with one attached hydrogen (secondary N) is 1. The first-order valence-corrected chi connectivity index (χ1v) is 5.18. The molecule has 0 saturated heterocycles. The zero-order valence-electron chi connectivity index (χ0n) is 9.43. The SMILES string of the molecule is CCOc1ccc(C(=O)NC[C@@H](C)O)cn1. The molecule has 1 heterocycles. The maximum atomic E-state index is 11.5. The summed E-state index contributed by atoms with van der Waals surface area (Å²) in [6.45, 7) is 4.24. The van der Waals surface area contributed by atoms with Gasteiger partial charge in [0, 0.05) is 18.8 Å². The number of carbonyl (C=O) groups excluding carboxylic acids is 1. The quantitative estimate of drug-likeness (QED) is 0.768. The van der Waals surface area contributed by atoms with E-state index in [1.807, 2.05) is 6.92 Å². The van der Waals surface area contributed by atoms with Crippen molar-refractivity contribution in [2.24, 2.45) is 0 Å². The molecule has 0 spiro atoms. The number of hydrogen-bond donors (Lipinski definition) is 2. The van der Waals surface area contributed by atoms with Crippen molar-refractivity contribution in [3.63, 3.8) is 0 Å². The van der Waals surface area contributed by atoms with Crippen molar-refractivity contribution in [2.45, 2.75) is 20.0 Å². The summed E-state index contributed by atoms with van der Waals surface area (Å²) < 4.78 is 5.16. The van der Waals surface area contributed by atoms with E-state index in [1.165, 1.54) is 6.20 Å². The first kappa shape index (κ1) is 12.4. The van der Waals surface area contributed by atoms with Crippen molar-refractivity contribution in [3.05, 3.63) is 23.9 Å². The van der Waals surface area contributed by atoms with Gasteiger partial charge in [0.25, 0.3) is 5.91 Å². The molecule has 0 unspecified atom stereocenters. The molecule has 0 radical (unpaired) electrons. The Morgan fingerprint density at radius 1 is 1.62 bits per heavy atom. The number of rotatable bonds is 5. The van der Waals surface area contributed by atoms with E-state index >= 15 is 0 Å². The summed E-state index contributed by atoms with van der Waals surface area (Å²) in [4.78, 5) is 15.5. The van der Waals surface area contributed by atoms with Gasteiger partial charge in [-0.15, -0.1) is 0 Å². The van der Waals surface area contributed by atoms with Gasteiger partial charge in [-0.05, 0) is 19.9 Å². The fourth-order valence-electron chi connectivity index (χ4n) is 1.09. The molecule has 0 aliphatic rings. The first-order chi connectivity index (χ1) is 7.63. The van der Waals surface area contributed by atoms with Gasteiger partial charge in [0.05, 0.1) is 18.3 Å². The van der Waals surface area contributed by atoms with Crippen molar-refractivity contribution >= 4 is 5.91 Å². The molecule has 16 heavy (non-hydrogen) atoms. The third-order valence-corrected chi connectivity index (χ3v) is 1.85. The number of aromatic nitrogens is 1. The van der Waals surface area contributed by atoms with Crippen LogP contribution in [0.5, 0.6) is 5.88 Å². The zero-order chi connectivity index (χ0) is 12.0. The number of aliphatic hydroxyl groups excluding tert-OH is 1. The minimum absolute atomic E-state index is 0.228. The highest BCUT2D eigenvalue weighted by Gasteiger charge is 2.06. The highest BCUT2D eigenvalue weighted by atomic mass is 16.5. The van der Waals surface area contributed by atoms with Crippen LogP contribution in [-0.2, 0) is 0 Å². The van der Waals surface area contributed by atoms with Crippen LogP contribution in [0.15, 0.2) is 18.3 Å². The van der Waals surface area contributed by atoms with Crippen molar-refractivity contribution < 1.29 is 14.6 Å². The summed E-state index contributed by atoms with van der Waals surface area (Å²) in [6.07, 6.45) is 0.891. The van der Waals surface area contributed by atoms with Crippen LogP contribution in [0.25, 0.3) is 0 Å². The van der Waals surface area contributed by atoms with Crippen LogP contribution in [0.2, 0.25) is 0 Å². The lowest BCUT2D eigenvalue weighted by Crippen LogP contribution is -2.30. The Bertz CT molecular complexity index is 336. The topological polar surface area (TPSA) is 71.5 Å². The van der Waals surface area contributed by atoms with E-state index in [0.29, 0.717) is 18.1 Å². The molecule has 0 aromatic carbocycles. The maximum Gasteiger partial charge on any atom is 0.252 e. The number of hydrogen-bond acceptors (Lipinski definition) is 4. The van der Waals surface area contributed by atoms with Gasteiger partial charge in [-0.25, -0.2) is 4.98 Å². The molecular formula is C11H16N2O3. The molecule has 1 atom stereocenters. The third kappa shape index (κ3) is 3.86. The van der Waals surface area contributed by atoms with Crippen molar-refractivity contribution in [2.75, 3.05) is 13.2 Å². The Morgan fingerprint density at radius 2 is 2.38 bits per heavy atom. The Labute approximate surface area is 94.5 Å². The van der Waals surface area contributed by atoms with Gasteiger partial charge in [-0.2, -0.15) is 0 Å². The lowest BCUT2D eigenvalue weighted by atomic mass is 10.2. The van der Waals surface area contributed by atoms with Crippen LogP contribution < -0.4 is 10.1 Å². The number of aliphatic hydroxyl groups is 1. The minimum Gasteiger partial charge on any atom is -0.478 e. The average Bonchev–Trinajstić information content (AvgIpc) is 2.27. The Balaban J connectivity index is 2.56. The third-order valence-electron chi connectivity index (χ3n) is 1.85. The Hall–Kier alpha value is -1.62. The predicted octanol–water partition coefficient (Wildman–Crippen LogP) is 0.591. The van der Waals surface area contributed by atoms with Crippen molar-refractivity contribution in [1.82, 2.24) is 10.3 Å². The van der Waals surface area contributed by atoms with Crippen LogP contribution in [0.1, 0.15) is 24.2 Å². The Kier molecular flexibility index (Phi) is 4.72. The van der Waals surface area contributed by atoms with Gasteiger partial charge < -0.3 is 15.2 Å². The van der Waals surface area contributed by atoms with Crippen molar-refractivity contribution in [3.8, 4) is 5.88 Å². The molecular weight excluding hydrogens is 208 g/mol. The van der Waals surface area contributed by atoms with E-state index < -0.39 is 6.10 Å². The van der Waals surface area contributed by atoms with E-state index in [2.05, 4.69) is 10.3 Å². The van der Waals surface area contributed by atoms with E-state index in [9.17, 15) is 4.79 Å². The zero-order valence-corrected chi connectivity index (χ0v) is 9.43. The fraction of sp³-hybridized carbons (Fsp3) is 0.455. The molecule has 1 amide bonds. The summed E-state index contributed by atoms with van der Waals surface area (Å²) in [6, 6.07) is 3.27. The van der Waals surface area contributed by atoms with Crippen LogP contribution >= 0.6 is 0 Å². The predicted molar refractivity (Wildman–Crippen MR) is 59.4 cm³/mol. The van der Waals surface area contributed by atoms with Gasteiger partial charge >= 0.3 is 0 Å². The normalized spacial score (nSPS) is 11.9. The van der Waals surface area contributed by atoms with E-state index in [-0.39, 0.29) is 12.5 Å². The van der Waals surface area contributed by atoms with Gasteiger partial charge in [0.1, 0.15) is 0 Å². The standard InChI is InChI=1S/C11H16N2O3/c1-3-16-10-5-4-9(7-12-10)11(15)13-6-8(2)14/h4-5,7-8,14H,3,6H2,1-2H3,(H,13,15)/t8-/m1/s1. The highest BCUT2D eigenvalue weighted by Crippen LogP contribution is 2.07. The number of carbonyl (C=O) groups is 1. The van der Waals surface area contributed by atoms with Crippen molar-refractivity contribution in [1.29, 1.82) is 0 Å². The largest absolute Gasteiger partial charge is 0.478 e. The second-order valence-corrected chi connectivity index (χ2v) is 3.38. The van der Waals surface area contributed by atoms with Crippen LogP contribution in [-0.4, -0.2) is 35.3 Å². The lowest BCUT2D eigenvalue weighted by molar-refractivity contribution is 0.0923. The van der Waals surface area contributed by atoms with E-state index in [1.54, 1.807) is 19.1 Å². The molecule has 1 rings (SSSR count). The summed E-state index contributed by atoms with van der Waals surface area (Å²) in [5, 5.41) is 11.6. The van der Waals surface area contributed by atoms with Crippen LogP contribution in [0.3, 0.4) is 0 Å². The number of amides is 1. The fourth-order valence-corrected chi connectivity index (χ4v) is 1.09. The molecule has 5 nitrogen and oxygen atoms in total. The average molecular weight is 224 g/mol. The van der Waals surface area contributed by atoms with Crippen LogP contribution in [0.4, 0.5) is 0 Å². The monoisotopic (exact) mass is 224 g/mol. The molecule has 2 N–H and O–H groups in total. The van der Waals surface area contributed by atoms with Gasteiger partial charge in [0.2, 0.25) is 5.88 Å². The molecule has 0 fully saturated rings. The molecule has 1 aromatic rings. The highest BCUT2D eigenvalue weighted by molar-refractivity contribution is 5.93. The Morgan fingerprint density at radius 3 is 2.88 bits per heavy atom. The second-order valence-electron chi connectivity index (χ2n) is 3.38. The molecule has 0 saturated carbocycles. The van der Waals surface area contributed by atoms with Gasteiger partial charge in [-0.1, -0.05) is 0 Å². The van der Waals surface area contributed by atoms with E-state index in [0.717, 1.165) is 0 Å². The second kappa shape index (κ2) is 6.07. The smallest absolute Gasteiger partial charge is 0.252 e. The lowest BCUT2D eigenvalue weighted by Gasteiger charge is -2.07. The maximum absolute atomic E-state index is 11.5. The molecule has 88 valence electrons. The van der Waals surface area contributed by atoms with Gasteiger partial charge in [-0.3, -0.25) is 4.79 Å². The number of pyridine rings is 1. The number of ether oxygens (including phenoxy) is 1.